The van der Waals surface area contributed by atoms with Gasteiger partial charge in [-0.25, -0.2) is 0 Å². The minimum atomic E-state index is -0.577. The predicted octanol–water partition coefficient (Wildman–Crippen LogP) is 2.60. The van der Waals surface area contributed by atoms with E-state index in [-0.39, 0.29) is 16.9 Å². The summed E-state index contributed by atoms with van der Waals surface area (Å²) in [6.07, 6.45) is 3.31. The average Bonchev–Trinajstić information content (AvgIpc) is 2.98. The van der Waals surface area contributed by atoms with Gasteiger partial charge in [-0.15, -0.1) is 0 Å². The third-order valence-electron chi connectivity index (χ3n) is 3.22. The summed E-state index contributed by atoms with van der Waals surface area (Å²) in [6, 6.07) is 6.83. The first-order valence-electron chi connectivity index (χ1n) is 6.87. The number of benzene rings is 1. The summed E-state index contributed by atoms with van der Waals surface area (Å²) in [5.74, 6) is -0.479. The second-order valence-corrected chi connectivity index (χ2v) is 4.76. The summed E-state index contributed by atoms with van der Waals surface area (Å²) in [5, 5.41) is 4.52. The Hall–Kier alpha value is -2.89. The van der Waals surface area contributed by atoms with Crippen LogP contribution in [0.15, 0.2) is 45.9 Å². The molecule has 112 valence electrons. The van der Waals surface area contributed by atoms with Gasteiger partial charge in [0, 0.05) is 19.7 Å². The zero-order chi connectivity index (χ0) is 15.7. The standard InChI is InChI=1S/C16H14N2O4/c1-3-18-9-11(8-17-18)15-16(21-10(2)19)14(20)12-6-4-5-7-13(12)22-15/h4-9H,3H2,1-2H3. The van der Waals surface area contributed by atoms with Crippen LogP contribution in [0.5, 0.6) is 5.75 Å². The maximum Gasteiger partial charge on any atom is 0.308 e. The van der Waals surface area contributed by atoms with E-state index in [0.717, 1.165) is 0 Å². The number of nitrogens with zero attached hydrogens (tertiary/aromatic N) is 2. The molecule has 0 saturated carbocycles. The highest BCUT2D eigenvalue weighted by atomic mass is 16.5. The Morgan fingerprint density at radius 1 is 1.36 bits per heavy atom. The Labute approximate surface area is 125 Å². The zero-order valence-electron chi connectivity index (χ0n) is 12.2. The summed E-state index contributed by atoms with van der Waals surface area (Å²) < 4.78 is 12.6. The molecule has 0 atom stereocenters. The molecule has 0 aliphatic rings. The van der Waals surface area contributed by atoms with Crippen molar-refractivity contribution in [3.8, 4) is 17.1 Å². The number of hydrogen-bond donors (Lipinski definition) is 0. The largest absolute Gasteiger partial charge is 0.452 e. The Morgan fingerprint density at radius 3 is 2.82 bits per heavy atom. The smallest absolute Gasteiger partial charge is 0.308 e. The van der Waals surface area contributed by atoms with E-state index >= 15 is 0 Å². The van der Waals surface area contributed by atoms with Crippen LogP contribution in [0.3, 0.4) is 0 Å². The number of hydrogen-bond acceptors (Lipinski definition) is 5. The summed E-state index contributed by atoms with van der Waals surface area (Å²) in [7, 11) is 0. The molecule has 0 fully saturated rings. The van der Waals surface area contributed by atoms with E-state index in [2.05, 4.69) is 5.10 Å². The van der Waals surface area contributed by atoms with Crippen LogP contribution >= 0.6 is 0 Å². The molecule has 2 aromatic heterocycles. The van der Waals surface area contributed by atoms with Crippen LogP contribution in [0.4, 0.5) is 0 Å². The molecule has 6 nitrogen and oxygen atoms in total. The highest BCUT2D eigenvalue weighted by Crippen LogP contribution is 2.30. The molecule has 0 unspecified atom stereocenters. The van der Waals surface area contributed by atoms with Crippen molar-refractivity contribution < 1.29 is 13.9 Å². The lowest BCUT2D eigenvalue weighted by Crippen LogP contribution is -2.13. The first kappa shape index (κ1) is 14.1. The molecule has 0 radical (unpaired) electrons. The average molecular weight is 298 g/mol. The molecule has 0 bridgehead atoms. The fourth-order valence-electron chi connectivity index (χ4n) is 2.21. The first-order chi connectivity index (χ1) is 10.6. The lowest BCUT2D eigenvalue weighted by atomic mass is 10.1. The maximum atomic E-state index is 12.6. The van der Waals surface area contributed by atoms with E-state index in [1.165, 1.54) is 6.92 Å². The molecule has 2 heterocycles. The molecule has 3 aromatic rings. The highest BCUT2D eigenvalue weighted by Gasteiger charge is 2.20. The van der Waals surface area contributed by atoms with E-state index in [1.54, 1.807) is 41.3 Å². The molecule has 22 heavy (non-hydrogen) atoms. The van der Waals surface area contributed by atoms with Gasteiger partial charge in [0.1, 0.15) is 5.58 Å². The Morgan fingerprint density at radius 2 is 2.14 bits per heavy atom. The van der Waals surface area contributed by atoms with Crippen LogP contribution in [0.25, 0.3) is 22.3 Å². The maximum absolute atomic E-state index is 12.6. The molecule has 0 saturated heterocycles. The molecule has 3 rings (SSSR count). The number of aryl methyl sites for hydroxylation is 1. The topological polar surface area (TPSA) is 74.3 Å². The fourth-order valence-corrected chi connectivity index (χ4v) is 2.21. The summed E-state index contributed by atoms with van der Waals surface area (Å²) in [5.41, 5.74) is 0.639. The molecule has 0 aliphatic carbocycles. The third kappa shape index (κ3) is 2.39. The molecule has 0 spiro atoms. The Bertz CT molecular complexity index is 908. The number of carbonyl (C=O) groups is 1. The van der Waals surface area contributed by atoms with Gasteiger partial charge in [-0.2, -0.15) is 5.10 Å². The lowest BCUT2D eigenvalue weighted by Gasteiger charge is -2.07. The van der Waals surface area contributed by atoms with E-state index in [1.807, 2.05) is 6.92 Å². The van der Waals surface area contributed by atoms with Crippen molar-refractivity contribution in [2.75, 3.05) is 0 Å². The molecule has 0 amide bonds. The van der Waals surface area contributed by atoms with Crippen molar-refractivity contribution >= 4 is 16.9 Å². The molecule has 6 heteroatoms. The molecular weight excluding hydrogens is 284 g/mol. The third-order valence-corrected chi connectivity index (χ3v) is 3.22. The van der Waals surface area contributed by atoms with Crippen LogP contribution in [0, 0.1) is 0 Å². The van der Waals surface area contributed by atoms with Crippen LogP contribution < -0.4 is 10.2 Å². The van der Waals surface area contributed by atoms with E-state index in [9.17, 15) is 9.59 Å². The quantitative estimate of drug-likeness (QED) is 0.695. The summed E-state index contributed by atoms with van der Waals surface area (Å²) in [6.45, 7) is 3.87. The molecule has 0 aliphatic heterocycles. The van der Waals surface area contributed by atoms with E-state index in [4.69, 9.17) is 9.15 Å². The first-order valence-corrected chi connectivity index (χ1v) is 6.87. The zero-order valence-corrected chi connectivity index (χ0v) is 12.2. The monoisotopic (exact) mass is 298 g/mol. The number of ether oxygens (including phenoxy) is 1. The Kier molecular flexibility index (Phi) is 3.50. The van der Waals surface area contributed by atoms with Crippen molar-refractivity contribution in [3.63, 3.8) is 0 Å². The number of aromatic nitrogens is 2. The number of carbonyl (C=O) groups excluding carboxylic acids is 1. The van der Waals surface area contributed by atoms with E-state index in [0.29, 0.717) is 23.1 Å². The van der Waals surface area contributed by atoms with Gasteiger partial charge in [0.05, 0.1) is 17.1 Å². The second-order valence-electron chi connectivity index (χ2n) is 4.76. The molecule has 0 N–H and O–H groups in total. The highest BCUT2D eigenvalue weighted by molar-refractivity contribution is 5.83. The van der Waals surface area contributed by atoms with Gasteiger partial charge in [0.15, 0.2) is 5.76 Å². The second kappa shape index (κ2) is 5.48. The van der Waals surface area contributed by atoms with Gasteiger partial charge in [0.2, 0.25) is 11.2 Å². The predicted molar refractivity (Wildman–Crippen MR) is 80.7 cm³/mol. The Balaban J connectivity index is 2.30. The molecular formula is C16H14N2O4. The van der Waals surface area contributed by atoms with Crippen molar-refractivity contribution in [2.24, 2.45) is 0 Å². The van der Waals surface area contributed by atoms with Gasteiger partial charge >= 0.3 is 5.97 Å². The van der Waals surface area contributed by atoms with Gasteiger partial charge < -0.3 is 9.15 Å². The van der Waals surface area contributed by atoms with Crippen molar-refractivity contribution in [3.05, 3.63) is 46.9 Å². The van der Waals surface area contributed by atoms with Crippen molar-refractivity contribution in [1.29, 1.82) is 0 Å². The SMILES string of the molecule is CCn1cc(-c2oc3ccccc3c(=O)c2OC(C)=O)cn1. The fraction of sp³-hybridized carbons (Fsp3) is 0.188. The van der Waals surface area contributed by atoms with Gasteiger partial charge in [-0.05, 0) is 19.1 Å². The van der Waals surface area contributed by atoms with Gasteiger partial charge in [-0.3, -0.25) is 14.3 Å². The van der Waals surface area contributed by atoms with Gasteiger partial charge in [0.25, 0.3) is 0 Å². The van der Waals surface area contributed by atoms with Crippen molar-refractivity contribution in [1.82, 2.24) is 9.78 Å². The van der Waals surface area contributed by atoms with Gasteiger partial charge in [-0.1, -0.05) is 12.1 Å². The summed E-state index contributed by atoms with van der Waals surface area (Å²) in [4.78, 5) is 23.9. The number of para-hydroxylation sites is 1. The van der Waals surface area contributed by atoms with Crippen molar-refractivity contribution in [2.45, 2.75) is 20.4 Å². The number of esters is 1. The normalized spacial score (nSPS) is 10.8. The van der Waals surface area contributed by atoms with E-state index < -0.39 is 5.97 Å². The minimum Gasteiger partial charge on any atom is -0.452 e. The van der Waals surface area contributed by atoms with Crippen LogP contribution in [0.2, 0.25) is 0 Å². The van der Waals surface area contributed by atoms with Crippen LogP contribution in [-0.4, -0.2) is 15.7 Å². The minimum absolute atomic E-state index is 0.109. The number of fused-ring (bicyclic) bond motifs is 1. The summed E-state index contributed by atoms with van der Waals surface area (Å²) >= 11 is 0. The van der Waals surface area contributed by atoms with Crippen LogP contribution in [-0.2, 0) is 11.3 Å². The van der Waals surface area contributed by atoms with Crippen LogP contribution in [0.1, 0.15) is 13.8 Å². The number of rotatable bonds is 3. The lowest BCUT2D eigenvalue weighted by molar-refractivity contribution is -0.131. The molecule has 1 aromatic carbocycles.